The molecule has 1 atom stereocenters. The molecule has 0 radical (unpaired) electrons. The summed E-state index contributed by atoms with van der Waals surface area (Å²) in [6.07, 6.45) is 11.9. The molecular weight excluding hydrogens is 478 g/mol. The number of hydrogen-bond donors (Lipinski definition) is 3. The van der Waals surface area contributed by atoms with Gasteiger partial charge in [-0.05, 0) is 95.7 Å². The summed E-state index contributed by atoms with van der Waals surface area (Å²) in [5.41, 5.74) is 9.10. The number of para-hydroxylation sites is 1. The lowest BCUT2D eigenvalue weighted by Crippen LogP contribution is -2.52. The number of benzene rings is 1. The van der Waals surface area contributed by atoms with Crippen molar-refractivity contribution in [3.63, 3.8) is 0 Å². The number of ether oxygens (including phenoxy) is 1. The first-order chi connectivity index (χ1) is 18.5. The number of anilines is 1. The summed E-state index contributed by atoms with van der Waals surface area (Å²) >= 11 is 0. The molecule has 1 saturated carbocycles. The molecule has 2 saturated heterocycles. The minimum absolute atomic E-state index is 0.167. The van der Waals surface area contributed by atoms with Crippen LogP contribution in [-0.2, 0) is 4.74 Å². The Hall–Kier alpha value is -3.01. The molecule has 1 unspecified atom stereocenters. The van der Waals surface area contributed by atoms with E-state index in [4.69, 9.17) is 15.6 Å². The molecule has 2 aromatic heterocycles. The van der Waals surface area contributed by atoms with Crippen molar-refractivity contribution in [3.05, 3.63) is 42.7 Å². The maximum atomic E-state index is 10.2. The Labute approximate surface area is 224 Å². The Balaban J connectivity index is 1.04. The highest BCUT2D eigenvalue weighted by atomic mass is 16.5. The van der Waals surface area contributed by atoms with Crippen molar-refractivity contribution in [1.82, 2.24) is 30.2 Å². The fourth-order valence-corrected chi connectivity index (χ4v) is 6.29. The second-order valence-corrected chi connectivity index (χ2v) is 11.2. The van der Waals surface area contributed by atoms with Gasteiger partial charge in [0.15, 0.2) is 5.82 Å². The van der Waals surface area contributed by atoms with Gasteiger partial charge in [-0.15, -0.1) is 10.2 Å². The molecule has 9 nitrogen and oxygen atoms in total. The number of phenolic OH excluding ortho intramolecular Hbond substituents is 1. The average Bonchev–Trinajstić information content (AvgIpc) is 3.42. The fourth-order valence-electron chi connectivity index (χ4n) is 6.29. The Kier molecular flexibility index (Phi) is 7.32. The summed E-state index contributed by atoms with van der Waals surface area (Å²) in [6.45, 7) is 6.76. The van der Waals surface area contributed by atoms with Crippen LogP contribution in [0.1, 0.15) is 51.5 Å². The highest BCUT2D eigenvalue weighted by molar-refractivity contribution is 5.78. The molecule has 0 amide bonds. The summed E-state index contributed by atoms with van der Waals surface area (Å²) < 4.78 is 8.41. The minimum Gasteiger partial charge on any atom is -0.507 e. The number of rotatable bonds is 7. The van der Waals surface area contributed by atoms with Crippen LogP contribution in [0, 0.1) is 5.92 Å². The number of piperidine rings is 2. The lowest BCUT2D eigenvalue weighted by Gasteiger charge is -2.47. The quantitative estimate of drug-likeness (QED) is 0.433. The van der Waals surface area contributed by atoms with Crippen LogP contribution < -0.4 is 11.1 Å². The van der Waals surface area contributed by atoms with Crippen molar-refractivity contribution in [2.45, 2.75) is 69.7 Å². The molecular formula is C29H39N7O2. The van der Waals surface area contributed by atoms with E-state index in [9.17, 15) is 5.11 Å². The first-order valence-electron chi connectivity index (χ1n) is 14.1. The van der Waals surface area contributed by atoms with Gasteiger partial charge in [-0.3, -0.25) is 4.68 Å². The van der Waals surface area contributed by atoms with Gasteiger partial charge in [-0.1, -0.05) is 12.1 Å². The number of phenols is 1. The van der Waals surface area contributed by atoms with Gasteiger partial charge >= 0.3 is 0 Å². The van der Waals surface area contributed by atoms with E-state index < -0.39 is 0 Å². The zero-order chi connectivity index (χ0) is 26.1. The van der Waals surface area contributed by atoms with Crippen LogP contribution in [0.2, 0.25) is 0 Å². The van der Waals surface area contributed by atoms with E-state index in [-0.39, 0.29) is 5.75 Å². The molecule has 1 aromatic carbocycles. The van der Waals surface area contributed by atoms with Gasteiger partial charge < -0.3 is 25.8 Å². The SMILES string of the molecule is CC(C1CCN(C2CC(OC3CCNCC3)C2)CC1)n1cc(-c2cc(-c3ccccc3O)nnc2N)cn1. The molecule has 3 fully saturated rings. The number of nitrogen functional groups attached to an aromatic ring is 1. The zero-order valence-corrected chi connectivity index (χ0v) is 22.2. The van der Waals surface area contributed by atoms with Gasteiger partial charge in [0, 0.05) is 28.9 Å². The monoisotopic (exact) mass is 517 g/mol. The first kappa shape index (κ1) is 25.3. The standard InChI is InChI=1S/C29H39N7O2/c1-19(20-8-12-35(13-9-20)22-14-24(15-22)38-23-6-10-31-11-7-23)36-18-21(17-32-36)26-16-27(33-34-29(26)30)25-4-2-3-5-28(25)37/h2-5,16-20,22-24,31,37H,6-15H2,1H3,(H2,30,34). The van der Waals surface area contributed by atoms with Gasteiger partial charge in [-0.25, -0.2) is 0 Å². The molecule has 1 aliphatic carbocycles. The maximum Gasteiger partial charge on any atom is 0.154 e. The van der Waals surface area contributed by atoms with Crippen molar-refractivity contribution < 1.29 is 9.84 Å². The van der Waals surface area contributed by atoms with Crippen LogP contribution in [0.25, 0.3) is 22.4 Å². The topological polar surface area (TPSA) is 114 Å². The fraction of sp³-hybridized carbons (Fsp3) is 0.552. The number of nitrogens with one attached hydrogen (secondary N) is 1. The lowest BCUT2D eigenvalue weighted by atomic mass is 9.83. The van der Waals surface area contributed by atoms with E-state index in [0.717, 1.165) is 50.1 Å². The van der Waals surface area contributed by atoms with E-state index in [1.165, 1.54) is 25.7 Å². The Morgan fingerprint density at radius 1 is 1.03 bits per heavy atom. The predicted octanol–water partition coefficient (Wildman–Crippen LogP) is 3.87. The maximum absolute atomic E-state index is 10.2. The van der Waals surface area contributed by atoms with E-state index in [1.54, 1.807) is 12.1 Å². The van der Waals surface area contributed by atoms with Crippen LogP contribution in [-0.4, -0.2) is 74.4 Å². The van der Waals surface area contributed by atoms with Gasteiger partial charge in [-0.2, -0.15) is 5.10 Å². The normalized spacial score (nSPS) is 24.2. The Morgan fingerprint density at radius 3 is 2.55 bits per heavy atom. The van der Waals surface area contributed by atoms with Crippen LogP contribution >= 0.6 is 0 Å². The van der Waals surface area contributed by atoms with Crippen molar-refractivity contribution in [2.75, 3.05) is 31.9 Å². The first-order valence-corrected chi connectivity index (χ1v) is 14.1. The Morgan fingerprint density at radius 2 is 1.79 bits per heavy atom. The highest BCUT2D eigenvalue weighted by Crippen LogP contribution is 2.37. The van der Waals surface area contributed by atoms with Gasteiger partial charge in [0.2, 0.25) is 0 Å². The molecule has 0 bridgehead atoms. The van der Waals surface area contributed by atoms with E-state index in [0.29, 0.717) is 47.3 Å². The summed E-state index contributed by atoms with van der Waals surface area (Å²) in [4.78, 5) is 2.68. The predicted molar refractivity (Wildman–Crippen MR) is 148 cm³/mol. The third kappa shape index (κ3) is 5.28. The highest BCUT2D eigenvalue weighted by Gasteiger charge is 2.38. The molecule has 2 aliphatic heterocycles. The van der Waals surface area contributed by atoms with Crippen molar-refractivity contribution in [1.29, 1.82) is 0 Å². The zero-order valence-electron chi connectivity index (χ0n) is 22.2. The number of aromatic hydroxyl groups is 1. The third-order valence-electron chi connectivity index (χ3n) is 8.85. The average molecular weight is 518 g/mol. The van der Waals surface area contributed by atoms with Crippen molar-refractivity contribution in [2.24, 2.45) is 5.92 Å². The van der Waals surface area contributed by atoms with Gasteiger partial charge in [0.05, 0.1) is 30.1 Å². The minimum atomic E-state index is 0.167. The van der Waals surface area contributed by atoms with Crippen molar-refractivity contribution in [3.8, 4) is 28.1 Å². The van der Waals surface area contributed by atoms with Crippen LogP contribution in [0.3, 0.4) is 0 Å². The number of aromatic nitrogens is 4. The smallest absolute Gasteiger partial charge is 0.154 e. The number of likely N-dealkylation sites (tertiary alicyclic amines) is 1. The van der Waals surface area contributed by atoms with Crippen LogP contribution in [0.15, 0.2) is 42.7 Å². The number of hydrogen-bond acceptors (Lipinski definition) is 8. The second-order valence-electron chi connectivity index (χ2n) is 11.2. The van der Waals surface area contributed by atoms with Crippen LogP contribution in [0.5, 0.6) is 5.75 Å². The summed E-state index contributed by atoms with van der Waals surface area (Å²) in [7, 11) is 0. The molecule has 202 valence electrons. The number of nitrogens with zero attached hydrogens (tertiary/aromatic N) is 5. The molecule has 9 heteroatoms. The largest absolute Gasteiger partial charge is 0.507 e. The van der Waals surface area contributed by atoms with Gasteiger partial charge in [0.25, 0.3) is 0 Å². The van der Waals surface area contributed by atoms with E-state index >= 15 is 0 Å². The summed E-state index contributed by atoms with van der Waals surface area (Å²) in [6, 6.07) is 9.99. The molecule has 0 spiro atoms. The van der Waals surface area contributed by atoms with E-state index in [1.807, 2.05) is 24.4 Å². The second kappa shape index (κ2) is 11.0. The van der Waals surface area contributed by atoms with Crippen LogP contribution in [0.4, 0.5) is 5.82 Å². The summed E-state index contributed by atoms with van der Waals surface area (Å²) in [5, 5.41) is 26.7. The summed E-state index contributed by atoms with van der Waals surface area (Å²) in [5.74, 6) is 1.11. The molecule has 38 heavy (non-hydrogen) atoms. The molecule has 4 N–H and O–H groups in total. The van der Waals surface area contributed by atoms with Gasteiger partial charge in [0.1, 0.15) is 5.75 Å². The third-order valence-corrected chi connectivity index (χ3v) is 8.85. The van der Waals surface area contributed by atoms with Crippen molar-refractivity contribution >= 4 is 5.82 Å². The molecule has 6 rings (SSSR count). The number of nitrogens with two attached hydrogens (primary N) is 1. The molecule has 4 heterocycles. The molecule has 3 aromatic rings. The lowest BCUT2D eigenvalue weighted by molar-refractivity contribution is -0.0998. The molecule has 3 aliphatic rings. The van der Waals surface area contributed by atoms with E-state index in [2.05, 4.69) is 38.2 Å². The Bertz CT molecular complexity index is 1230.